The first-order valence-corrected chi connectivity index (χ1v) is 18.7. The van der Waals surface area contributed by atoms with Gasteiger partial charge in [-0.3, -0.25) is 10.2 Å². The molecular weight excluding hydrogens is 769 g/mol. The molecule has 5 heterocycles. The summed E-state index contributed by atoms with van der Waals surface area (Å²) in [5.74, 6) is -2.29. The van der Waals surface area contributed by atoms with Crippen molar-refractivity contribution in [2.24, 2.45) is 0 Å². The number of nitrogens with one attached hydrogen (secondary N) is 1. The predicted octanol–water partition coefficient (Wildman–Crippen LogP) is 8.75. The predicted molar refractivity (Wildman–Crippen MR) is 196 cm³/mol. The monoisotopic (exact) mass is 803 g/mol. The van der Waals surface area contributed by atoms with Crippen LogP contribution in [0.15, 0.2) is 12.1 Å². The van der Waals surface area contributed by atoms with Gasteiger partial charge >= 0.3 is 12.1 Å². The Balaban J connectivity index is 1.46. The van der Waals surface area contributed by atoms with Crippen LogP contribution in [-0.4, -0.2) is 83.1 Å². The zero-order valence-corrected chi connectivity index (χ0v) is 31.7. The molecule has 2 saturated heterocycles. The number of thiophene rings is 1. The van der Waals surface area contributed by atoms with Crippen molar-refractivity contribution in [3.05, 3.63) is 34.4 Å². The number of benzene rings is 2. The SMILES string of the molecule is CC1Oc2c(Cl)c(-c3ccc(F)c4sc(NC(=O)OC(C)(C)C)c(C#N)c34)c(F)c3nc(OC[C@@]45CCCN4C[C@H](F)C5)nc(c23)N(CC(F)F)C1CC#N. The molecule has 0 aliphatic carbocycles. The fourth-order valence-electron chi connectivity index (χ4n) is 7.89. The van der Waals surface area contributed by atoms with Crippen LogP contribution in [0, 0.1) is 34.3 Å². The smallest absolute Gasteiger partial charge is 0.412 e. The number of anilines is 2. The first-order chi connectivity index (χ1) is 26.1. The number of carbonyl (C=O) groups is 1. The molecule has 0 bridgehead atoms. The Morgan fingerprint density at radius 2 is 2.00 bits per heavy atom. The molecular formula is C37H35ClF5N7O4S. The summed E-state index contributed by atoms with van der Waals surface area (Å²) in [7, 11) is 0. The zero-order chi connectivity index (χ0) is 39.6. The first kappa shape index (κ1) is 38.6. The minimum Gasteiger partial charge on any atom is -0.486 e. The summed E-state index contributed by atoms with van der Waals surface area (Å²) in [4.78, 5) is 24.8. The van der Waals surface area contributed by atoms with Crippen LogP contribution < -0.4 is 19.7 Å². The highest BCUT2D eigenvalue weighted by Crippen LogP contribution is 2.52. The average molecular weight is 804 g/mol. The van der Waals surface area contributed by atoms with Gasteiger partial charge in [-0.1, -0.05) is 17.7 Å². The molecule has 290 valence electrons. The number of nitriles is 2. The molecule has 3 aliphatic heterocycles. The van der Waals surface area contributed by atoms with E-state index in [1.807, 2.05) is 17.0 Å². The third-order valence-corrected chi connectivity index (χ3v) is 11.6. The Kier molecular flexibility index (Phi) is 10.1. The number of rotatable bonds is 8. The van der Waals surface area contributed by atoms with Gasteiger partial charge < -0.3 is 19.1 Å². The van der Waals surface area contributed by atoms with E-state index in [0.29, 0.717) is 13.0 Å². The number of halogens is 6. The Hall–Kier alpha value is -4.71. The van der Waals surface area contributed by atoms with E-state index < -0.39 is 71.7 Å². The number of aromatic nitrogens is 2. The number of fused-ring (bicyclic) bond motifs is 2. The number of alkyl halides is 3. The van der Waals surface area contributed by atoms with E-state index in [2.05, 4.69) is 15.3 Å². The summed E-state index contributed by atoms with van der Waals surface area (Å²) in [5, 5.41) is 21.9. The number of carbonyl (C=O) groups excluding carboxylic acids is 1. The highest BCUT2D eigenvalue weighted by molar-refractivity contribution is 7.23. The molecule has 2 unspecified atom stereocenters. The van der Waals surface area contributed by atoms with Crippen LogP contribution in [0.1, 0.15) is 58.9 Å². The average Bonchev–Trinajstić information content (AvgIpc) is 3.74. The number of hydrogen-bond acceptors (Lipinski definition) is 11. The molecule has 0 radical (unpaired) electrons. The van der Waals surface area contributed by atoms with E-state index >= 15 is 8.78 Å². The summed E-state index contributed by atoms with van der Waals surface area (Å²) in [6.07, 6.45) is -4.55. The number of nitrogens with zero attached hydrogens (tertiary/aromatic N) is 6. The molecule has 1 N–H and O–H groups in total. The van der Waals surface area contributed by atoms with Crippen molar-refractivity contribution in [3.8, 4) is 35.0 Å². The maximum Gasteiger partial charge on any atom is 0.412 e. The molecule has 2 aromatic heterocycles. The lowest BCUT2D eigenvalue weighted by molar-refractivity contribution is 0.0636. The molecule has 0 spiro atoms. The number of ether oxygens (including phenoxy) is 3. The van der Waals surface area contributed by atoms with Gasteiger partial charge in [-0.25, -0.2) is 26.7 Å². The molecule has 0 saturated carbocycles. The van der Waals surface area contributed by atoms with Gasteiger partial charge in [0.2, 0.25) is 0 Å². The Morgan fingerprint density at radius 1 is 1.24 bits per heavy atom. The second-order valence-corrected chi connectivity index (χ2v) is 16.3. The second kappa shape index (κ2) is 14.4. The summed E-state index contributed by atoms with van der Waals surface area (Å²) in [6.45, 7) is 6.37. The topological polar surface area (TPSA) is 137 Å². The van der Waals surface area contributed by atoms with E-state index in [9.17, 15) is 28.5 Å². The third-order valence-electron chi connectivity index (χ3n) is 10.1. The molecule has 3 aliphatic rings. The fourth-order valence-corrected chi connectivity index (χ4v) is 9.28. The Bertz CT molecular complexity index is 2290. The van der Waals surface area contributed by atoms with Gasteiger partial charge in [-0.05, 0) is 58.7 Å². The molecule has 2 fully saturated rings. The summed E-state index contributed by atoms with van der Waals surface area (Å²) >= 11 is 7.75. The maximum absolute atomic E-state index is 17.4. The summed E-state index contributed by atoms with van der Waals surface area (Å²) in [5.41, 5.74) is -2.65. The largest absolute Gasteiger partial charge is 0.486 e. The van der Waals surface area contributed by atoms with Crippen LogP contribution in [0.2, 0.25) is 5.02 Å². The normalized spacial score (nSPS) is 22.3. The number of amides is 1. The van der Waals surface area contributed by atoms with Gasteiger partial charge in [0.05, 0.1) is 51.3 Å². The van der Waals surface area contributed by atoms with E-state index in [0.717, 1.165) is 28.7 Å². The van der Waals surface area contributed by atoms with Crippen molar-refractivity contribution in [1.82, 2.24) is 14.9 Å². The van der Waals surface area contributed by atoms with Gasteiger partial charge in [-0.2, -0.15) is 20.5 Å². The molecule has 55 heavy (non-hydrogen) atoms. The minimum absolute atomic E-state index is 0.0661. The van der Waals surface area contributed by atoms with Crippen molar-refractivity contribution < 1.29 is 41.0 Å². The van der Waals surface area contributed by atoms with E-state index in [-0.39, 0.29) is 79.7 Å². The highest BCUT2D eigenvalue weighted by atomic mass is 35.5. The quantitative estimate of drug-likeness (QED) is 0.172. The second-order valence-electron chi connectivity index (χ2n) is 14.9. The van der Waals surface area contributed by atoms with E-state index in [4.69, 9.17) is 25.8 Å². The maximum atomic E-state index is 17.4. The van der Waals surface area contributed by atoms with Crippen molar-refractivity contribution in [3.63, 3.8) is 0 Å². The van der Waals surface area contributed by atoms with Crippen molar-refractivity contribution in [2.45, 2.75) is 89.3 Å². The van der Waals surface area contributed by atoms with Crippen molar-refractivity contribution in [2.75, 3.05) is 36.5 Å². The standard InChI is InChI=1S/C37H35ClF5N7O4S/c1-17-22(8-10-44)50(15-23(41)42)32-26-29(46-34(47-32)52-16-37-9-5-11-49(37)14-18(39)12-37)28(43)25(27(38)30(26)53-17)19-6-7-21(40)31-24(19)20(13-45)33(55-31)48-35(51)54-36(2,3)4/h6-7,17-18,22-23H,5,8-9,11-12,14-16H2,1-4H3,(H,48,51)/t17?,18-,22?,37+/m1/s1. The lowest BCUT2D eigenvalue weighted by Gasteiger charge is -2.33. The van der Waals surface area contributed by atoms with Gasteiger partial charge in [0.1, 0.15) is 52.7 Å². The van der Waals surface area contributed by atoms with Gasteiger partial charge in [0, 0.05) is 23.9 Å². The molecule has 4 aromatic rings. The van der Waals surface area contributed by atoms with Crippen LogP contribution in [0.3, 0.4) is 0 Å². The van der Waals surface area contributed by atoms with Crippen molar-refractivity contribution >= 4 is 60.8 Å². The van der Waals surface area contributed by atoms with E-state index in [1.165, 1.54) is 6.07 Å². The summed E-state index contributed by atoms with van der Waals surface area (Å²) in [6, 6.07) is 4.83. The lowest BCUT2D eigenvalue weighted by Crippen LogP contribution is -2.46. The van der Waals surface area contributed by atoms with Crippen LogP contribution >= 0.6 is 22.9 Å². The van der Waals surface area contributed by atoms with Gasteiger partial charge in [-0.15, -0.1) is 11.3 Å². The number of hydrogen-bond donors (Lipinski definition) is 1. The lowest BCUT2D eigenvalue weighted by atomic mass is 9.95. The van der Waals surface area contributed by atoms with Gasteiger partial charge in [0.25, 0.3) is 6.43 Å². The first-order valence-electron chi connectivity index (χ1n) is 17.5. The molecule has 2 aromatic carbocycles. The van der Waals surface area contributed by atoms with Crippen LogP contribution in [-0.2, 0) is 4.74 Å². The van der Waals surface area contributed by atoms with Crippen LogP contribution in [0.5, 0.6) is 11.8 Å². The fraction of sp³-hybridized carbons (Fsp3) is 0.486. The third kappa shape index (κ3) is 6.91. The Labute approximate surface area is 321 Å². The van der Waals surface area contributed by atoms with E-state index in [1.54, 1.807) is 27.7 Å². The Morgan fingerprint density at radius 3 is 2.69 bits per heavy atom. The summed E-state index contributed by atoms with van der Waals surface area (Å²) < 4.78 is 93.7. The molecule has 4 atom stereocenters. The molecule has 11 nitrogen and oxygen atoms in total. The molecule has 1 amide bonds. The highest BCUT2D eigenvalue weighted by Gasteiger charge is 2.49. The van der Waals surface area contributed by atoms with Gasteiger partial charge in [0.15, 0.2) is 11.6 Å². The minimum atomic E-state index is -2.92. The molecule has 7 rings (SSSR count). The van der Waals surface area contributed by atoms with Crippen LogP contribution in [0.4, 0.5) is 37.6 Å². The van der Waals surface area contributed by atoms with Crippen molar-refractivity contribution in [1.29, 1.82) is 10.5 Å². The molecule has 18 heteroatoms. The zero-order valence-electron chi connectivity index (χ0n) is 30.1. The van der Waals surface area contributed by atoms with Crippen LogP contribution in [0.25, 0.3) is 32.1 Å².